The summed E-state index contributed by atoms with van der Waals surface area (Å²) in [6.07, 6.45) is 2.86. The van der Waals surface area contributed by atoms with Gasteiger partial charge in [0.05, 0.1) is 18.8 Å². The van der Waals surface area contributed by atoms with Gasteiger partial charge in [-0.25, -0.2) is 0 Å². The number of carbonyl (C=O) groups is 1. The van der Waals surface area contributed by atoms with E-state index in [1.54, 1.807) is 0 Å². The van der Waals surface area contributed by atoms with E-state index >= 15 is 0 Å². The van der Waals surface area contributed by atoms with Crippen molar-refractivity contribution in [1.29, 1.82) is 0 Å². The van der Waals surface area contributed by atoms with Crippen molar-refractivity contribution < 1.29 is 14.6 Å². The molecule has 1 unspecified atom stereocenters. The van der Waals surface area contributed by atoms with Crippen LogP contribution in [-0.4, -0.2) is 60.9 Å². The SMILES string of the molecule is O=C(CN1CC[C@@H](O)C1)NCC1CCCO1. The molecular weight excluding hydrogens is 208 g/mol. The highest BCUT2D eigenvalue weighted by molar-refractivity contribution is 5.78. The molecule has 2 heterocycles. The molecule has 0 aliphatic carbocycles. The fraction of sp³-hybridized carbons (Fsp3) is 0.909. The third-order valence-electron chi connectivity index (χ3n) is 3.17. The van der Waals surface area contributed by atoms with Gasteiger partial charge in [0.1, 0.15) is 0 Å². The van der Waals surface area contributed by atoms with Crippen molar-refractivity contribution in [2.45, 2.75) is 31.5 Å². The van der Waals surface area contributed by atoms with E-state index in [4.69, 9.17) is 4.74 Å². The lowest BCUT2D eigenvalue weighted by Crippen LogP contribution is -2.39. The molecule has 0 saturated carbocycles. The van der Waals surface area contributed by atoms with Crippen LogP contribution < -0.4 is 5.32 Å². The summed E-state index contributed by atoms with van der Waals surface area (Å²) in [6.45, 7) is 3.26. The fourth-order valence-electron chi connectivity index (χ4n) is 2.25. The maximum Gasteiger partial charge on any atom is 0.234 e. The molecule has 5 heteroatoms. The van der Waals surface area contributed by atoms with E-state index in [1.807, 2.05) is 4.90 Å². The number of hydrogen-bond acceptors (Lipinski definition) is 4. The van der Waals surface area contributed by atoms with Crippen LogP contribution in [0.1, 0.15) is 19.3 Å². The lowest BCUT2D eigenvalue weighted by atomic mass is 10.2. The lowest BCUT2D eigenvalue weighted by molar-refractivity contribution is -0.122. The Kier molecular flexibility index (Phi) is 4.15. The summed E-state index contributed by atoms with van der Waals surface area (Å²) < 4.78 is 5.42. The maximum atomic E-state index is 11.6. The zero-order valence-corrected chi connectivity index (χ0v) is 9.52. The van der Waals surface area contributed by atoms with Crippen molar-refractivity contribution in [3.05, 3.63) is 0 Å². The van der Waals surface area contributed by atoms with Crippen LogP contribution in [0, 0.1) is 0 Å². The predicted molar refractivity (Wildman–Crippen MR) is 59.0 cm³/mol. The zero-order chi connectivity index (χ0) is 11.4. The Balaban J connectivity index is 1.60. The zero-order valence-electron chi connectivity index (χ0n) is 9.52. The molecule has 5 nitrogen and oxygen atoms in total. The Morgan fingerprint density at radius 2 is 2.38 bits per heavy atom. The van der Waals surface area contributed by atoms with Crippen LogP contribution in [0.15, 0.2) is 0 Å². The largest absolute Gasteiger partial charge is 0.392 e. The number of carbonyl (C=O) groups excluding carboxylic acids is 1. The van der Waals surface area contributed by atoms with Gasteiger partial charge in [-0.3, -0.25) is 9.69 Å². The van der Waals surface area contributed by atoms with Gasteiger partial charge in [0, 0.05) is 26.2 Å². The molecule has 2 aliphatic heterocycles. The van der Waals surface area contributed by atoms with Crippen LogP contribution in [0.4, 0.5) is 0 Å². The van der Waals surface area contributed by atoms with E-state index in [-0.39, 0.29) is 18.1 Å². The van der Waals surface area contributed by atoms with Gasteiger partial charge < -0.3 is 15.2 Å². The van der Waals surface area contributed by atoms with Crippen molar-refractivity contribution in [3.63, 3.8) is 0 Å². The second kappa shape index (κ2) is 5.61. The van der Waals surface area contributed by atoms with Crippen LogP contribution in [0.2, 0.25) is 0 Å². The molecule has 0 spiro atoms. The van der Waals surface area contributed by atoms with Crippen molar-refractivity contribution in [1.82, 2.24) is 10.2 Å². The minimum atomic E-state index is -0.258. The first kappa shape index (κ1) is 11.8. The summed E-state index contributed by atoms with van der Waals surface area (Å²) in [5.41, 5.74) is 0. The molecule has 0 aromatic rings. The molecule has 2 aliphatic rings. The van der Waals surface area contributed by atoms with Crippen LogP contribution in [0.5, 0.6) is 0 Å². The molecule has 2 saturated heterocycles. The number of hydrogen-bond donors (Lipinski definition) is 2. The highest BCUT2D eigenvalue weighted by atomic mass is 16.5. The number of amides is 1. The third kappa shape index (κ3) is 3.43. The van der Waals surface area contributed by atoms with Crippen molar-refractivity contribution in [2.75, 3.05) is 32.8 Å². The molecule has 0 radical (unpaired) electrons. The van der Waals surface area contributed by atoms with E-state index in [9.17, 15) is 9.90 Å². The Morgan fingerprint density at radius 3 is 3.00 bits per heavy atom. The van der Waals surface area contributed by atoms with Gasteiger partial charge in [0.25, 0.3) is 0 Å². The standard InChI is InChI=1S/C11H20N2O3/c14-9-3-4-13(7-9)8-11(15)12-6-10-2-1-5-16-10/h9-10,14H,1-8H2,(H,12,15)/t9-,10?/m1/s1. The van der Waals surface area contributed by atoms with E-state index in [0.29, 0.717) is 19.6 Å². The van der Waals surface area contributed by atoms with Gasteiger partial charge in [0.2, 0.25) is 5.91 Å². The van der Waals surface area contributed by atoms with Gasteiger partial charge in [-0.15, -0.1) is 0 Å². The van der Waals surface area contributed by atoms with Crippen molar-refractivity contribution in [3.8, 4) is 0 Å². The van der Waals surface area contributed by atoms with Crippen LogP contribution >= 0.6 is 0 Å². The molecule has 92 valence electrons. The van der Waals surface area contributed by atoms with E-state index < -0.39 is 0 Å². The summed E-state index contributed by atoms with van der Waals surface area (Å²) in [7, 11) is 0. The first-order valence-electron chi connectivity index (χ1n) is 6.03. The molecular formula is C11H20N2O3. The predicted octanol–water partition coefficient (Wildman–Crippen LogP) is -0.652. The monoisotopic (exact) mass is 228 g/mol. The number of aliphatic hydroxyl groups is 1. The normalized spacial score (nSPS) is 30.8. The number of nitrogens with zero attached hydrogens (tertiary/aromatic N) is 1. The number of ether oxygens (including phenoxy) is 1. The summed E-state index contributed by atoms with van der Waals surface area (Å²) in [5.74, 6) is 0.0320. The number of likely N-dealkylation sites (tertiary alicyclic amines) is 1. The molecule has 0 aromatic carbocycles. The molecule has 16 heavy (non-hydrogen) atoms. The Labute approximate surface area is 95.8 Å². The molecule has 2 atom stereocenters. The van der Waals surface area contributed by atoms with Gasteiger partial charge >= 0.3 is 0 Å². The maximum absolute atomic E-state index is 11.6. The molecule has 0 aromatic heterocycles. The van der Waals surface area contributed by atoms with Gasteiger partial charge in [-0.2, -0.15) is 0 Å². The second-order valence-corrected chi connectivity index (χ2v) is 4.62. The fourth-order valence-corrected chi connectivity index (χ4v) is 2.25. The summed E-state index contributed by atoms with van der Waals surface area (Å²) in [4.78, 5) is 13.6. The number of aliphatic hydroxyl groups excluding tert-OH is 1. The molecule has 2 fully saturated rings. The molecule has 2 N–H and O–H groups in total. The Morgan fingerprint density at radius 1 is 1.50 bits per heavy atom. The van der Waals surface area contributed by atoms with E-state index in [2.05, 4.69) is 5.32 Å². The summed E-state index contributed by atoms with van der Waals surface area (Å²) in [6, 6.07) is 0. The average Bonchev–Trinajstić information content (AvgIpc) is 2.87. The number of nitrogens with one attached hydrogen (secondary N) is 1. The van der Waals surface area contributed by atoms with Gasteiger partial charge in [-0.05, 0) is 19.3 Å². The first-order chi connectivity index (χ1) is 7.74. The minimum absolute atomic E-state index is 0.0320. The topological polar surface area (TPSA) is 61.8 Å². The second-order valence-electron chi connectivity index (χ2n) is 4.62. The van der Waals surface area contributed by atoms with E-state index in [1.165, 1.54) is 0 Å². The smallest absolute Gasteiger partial charge is 0.234 e. The van der Waals surface area contributed by atoms with Crippen molar-refractivity contribution >= 4 is 5.91 Å². The number of rotatable bonds is 4. The lowest BCUT2D eigenvalue weighted by Gasteiger charge is -2.16. The Hall–Kier alpha value is -0.650. The van der Waals surface area contributed by atoms with Gasteiger partial charge in [0.15, 0.2) is 0 Å². The third-order valence-corrected chi connectivity index (χ3v) is 3.17. The van der Waals surface area contributed by atoms with Crippen LogP contribution in [0.3, 0.4) is 0 Å². The van der Waals surface area contributed by atoms with E-state index in [0.717, 1.165) is 32.4 Å². The highest BCUT2D eigenvalue weighted by Crippen LogP contribution is 2.11. The van der Waals surface area contributed by atoms with Crippen LogP contribution in [0.25, 0.3) is 0 Å². The van der Waals surface area contributed by atoms with Crippen LogP contribution in [-0.2, 0) is 9.53 Å². The number of β-amino-alcohol motifs (C(OH)–C–C–N with tert-alkyl or cyclic N) is 1. The summed E-state index contributed by atoms with van der Waals surface area (Å²) in [5, 5.41) is 12.2. The Bertz CT molecular complexity index is 241. The summed E-state index contributed by atoms with van der Waals surface area (Å²) >= 11 is 0. The van der Waals surface area contributed by atoms with Gasteiger partial charge in [-0.1, -0.05) is 0 Å². The van der Waals surface area contributed by atoms with Crippen molar-refractivity contribution in [2.24, 2.45) is 0 Å². The highest BCUT2D eigenvalue weighted by Gasteiger charge is 2.22. The average molecular weight is 228 g/mol. The quantitative estimate of drug-likeness (QED) is 0.671. The molecule has 0 bridgehead atoms. The molecule has 1 amide bonds. The molecule has 2 rings (SSSR count). The minimum Gasteiger partial charge on any atom is -0.392 e. The first-order valence-corrected chi connectivity index (χ1v) is 6.03.